The van der Waals surface area contributed by atoms with Crippen LogP contribution in [0.25, 0.3) is 0 Å². The van der Waals surface area contributed by atoms with Crippen LogP contribution >= 0.6 is 0 Å². The van der Waals surface area contributed by atoms with Gasteiger partial charge in [0.1, 0.15) is 11.5 Å². The Morgan fingerprint density at radius 2 is 0.829 bits per heavy atom. The zero-order chi connectivity index (χ0) is 28.7. The van der Waals surface area contributed by atoms with Crippen molar-refractivity contribution in [2.24, 2.45) is 0 Å². The molecular formula is C32H43N3O6. The summed E-state index contributed by atoms with van der Waals surface area (Å²) in [6.45, 7) is 8.35. The monoisotopic (exact) mass is 565 g/mol. The molecule has 0 atom stereocenters. The van der Waals surface area contributed by atoms with E-state index >= 15 is 0 Å². The fourth-order valence-corrected chi connectivity index (χ4v) is 4.98. The van der Waals surface area contributed by atoms with Crippen molar-refractivity contribution in [3.05, 3.63) is 89.5 Å². The first-order valence-corrected chi connectivity index (χ1v) is 14.0. The summed E-state index contributed by atoms with van der Waals surface area (Å²) in [4.78, 5) is 17.9. The highest BCUT2D eigenvalue weighted by Gasteiger charge is 2.20. The van der Waals surface area contributed by atoms with Crippen LogP contribution in [0.5, 0.6) is 17.2 Å². The van der Waals surface area contributed by atoms with Gasteiger partial charge in [-0.05, 0) is 18.2 Å². The van der Waals surface area contributed by atoms with Crippen molar-refractivity contribution in [1.82, 2.24) is 14.7 Å². The number of hydrogen-bond donors (Lipinski definition) is 0. The van der Waals surface area contributed by atoms with Gasteiger partial charge in [-0.2, -0.15) is 4.89 Å². The summed E-state index contributed by atoms with van der Waals surface area (Å²) >= 11 is 0. The molecule has 4 rings (SSSR count). The van der Waals surface area contributed by atoms with Crippen molar-refractivity contribution < 1.29 is 28.7 Å². The lowest BCUT2D eigenvalue weighted by Gasteiger charge is -2.27. The van der Waals surface area contributed by atoms with Crippen LogP contribution < -0.4 is 14.4 Å². The Morgan fingerprint density at radius 3 is 1.20 bits per heavy atom. The molecule has 1 fully saturated rings. The Balaban J connectivity index is 1.53. The lowest BCUT2D eigenvalue weighted by molar-refractivity contribution is -0.178. The minimum absolute atomic E-state index is 0.228. The van der Waals surface area contributed by atoms with Gasteiger partial charge in [-0.3, -0.25) is 14.7 Å². The minimum atomic E-state index is 0.228. The minimum Gasteiger partial charge on any atom is -0.467 e. The number of methoxy groups -OCH3 is 2. The van der Waals surface area contributed by atoms with Gasteiger partial charge in [0.2, 0.25) is 0 Å². The number of ether oxygens (including phenoxy) is 4. The van der Waals surface area contributed by atoms with Gasteiger partial charge in [0, 0.05) is 89.8 Å². The van der Waals surface area contributed by atoms with Crippen LogP contribution in [-0.2, 0) is 34.0 Å². The van der Waals surface area contributed by atoms with Crippen molar-refractivity contribution in [3.8, 4) is 17.2 Å². The first-order valence-electron chi connectivity index (χ1n) is 14.0. The smallest absolute Gasteiger partial charge is 0.188 e. The van der Waals surface area contributed by atoms with Crippen LogP contribution in [0.4, 0.5) is 0 Å². The molecule has 9 nitrogen and oxygen atoms in total. The predicted molar refractivity (Wildman–Crippen MR) is 158 cm³/mol. The molecule has 3 aromatic carbocycles. The van der Waals surface area contributed by atoms with E-state index in [2.05, 4.69) is 45.0 Å². The third-order valence-corrected chi connectivity index (χ3v) is 7.13. The molecule has 0 aromatic heterocycles. The SMILES string of the molecule is COCOc1ccccc1CN1CCN(Cc2ccccc2OCOC)CCN(Cc2ccccc2OOC)CC1. The second-order valence-electron chi connectivity index (χ2n) is 10.0. The summed E-state index contributed by atoms with van der Waals surface area (Å²) < 4.78 is 22.1. The third kappa shape index (κ3) is 9.71. The summed E-state index contributed by atoms with van der Waals surface area (Å²) in [5.41, 5.74) is 3.40. The van der Waals surface area contributed by atoms with Crippen LogP contribution in [0.3, 0.4) is 0 Å². The number of para-hydroxylation sites is 3. The fraction of sp³-hybridized carbons (Fsp3) is 0.438. The molecule has 0 radical (unpaired) electrons. The maximum Gasteiger partial charge on any atom is 0.188 e. The summed E-state index contributed by atoms with van der Waals surface area (Å²) in [7, 11) is 4.82. The zero-order valence-corrected chi connectivity index (χ0v) is 24.5. The van der Waals surface area contributed by atoms with Gasteiger partial charge < -0.3 is 23.8 Å². The molecule has 0 aliphatic carbocycles. The lowest BCUT2D eigenvalue weighted by atomic mass is 10.1. The van der Waals surface area contributed by atoms with Gasteiger partial charge in [-0.15, -0.1) is 0 Å². The molecular weight excluding hydrogens is 522 g/mol. The average molecular weight is 566 g/mol. The van der Waals surface area contributed by atoms with E-state index < -0.39 is 0 Å². The second-order valence-corrected chi connectivity index (χ2v) is 10.0. The number of rotatable bonds is 14. The molecule has 0 spiro atoms. The Labute approximate surface area is 244 Å². The van der Waals surface area contributed by atoms with Crippen LogP contribution in [0.1, 0.15) is 16.7 Å². The molecule has 1 saturated heterocycles. The second kappa shape index (κ2) is 16.9. The maximum absolute atomic E-state index is 5.87. The first kappa shape index (κ1) is 30.8. The van der Waals surface area contributed by atoms with Gasteiger partial charge in [0.05, 0.1) is 7.11 Å². The molecule has 0 N–H and O–H groups in total. The van der Waals surface area contributed by atoms with Crippen molar-refractivity contribution in [3.63, 3.8) is 0 Å². The topological polar surface area (TPSA) is 65.1 Å². The van der Waals surface area contributed by atoms with Crippen molar-refractivity contribution in [2.75, 3.05) is 74.2 Å². The summed E-state index contributed by atoms with van der Waals surface area (Å²) in [5, 5.41) is 0. The quantitative estimate of drug-likeness (QED) is 0.161. The van der Waals surface area contributed by atoms with Crippen molar-refractivity contribution in [1.29, 1.82) is 0 Å². The van der Waals surface area contributed by atoms with Crippen molar-refractivity contribution in [2.45, 2.75) is 19.6 Å². The molecule has 0 unspecified atom stereocenters. The number of benzene rings is 3. The molecule has 1 aliphatic rings. The third-order valence-electron chi connectivity index (χ3n) is 7.13. The first-order chi connectivity index (χ1) is 20.2. The predicted octanol–water partition coefficient (Wildman–Crippen LogP) is 4.41. The average Bonchev–Trinajstić information content (AvgIpc) is 3.08. The van der Waals surface area contributed by atoms with E-state index in [4.69, 9.17) is 28.7 Å². The van der Waals surface area contributed by atoms with Crippen LogP contribution in [0, 0.1) is 0 Å². The van der Waals surface area contributed by atoms with Gasteiger partial charge >= 0.3 is 0 Å². The Hall–Kier alpha value is -3.18. The van der Waals surface area contributed by atoms with E-state index in [1.54, 1.807) is 14.2 Å². The summed E-state index contributed by atoms with van der Waals surface area (Å²) in [6.07, 6.45) is 0. The highest BCUT2D eigenvalue weighted by molar-refractivity contribution is 5.34. The van der Waals surface area contributed by atoms with E-state index in [1.807, 2.05) is 42.5 Å². The van der Waals surface area contributed by atoms with Crippen LogP contribution in [0.2, 0.25) is 0 Å². The molecule has 1 heterocycles. The molecule has 9 heteroatoms. The van der Waals surface area contributed by atoms with Gasteiger partial charge in [-0.25, -0.2) is 0 Å². The normalized spacial score (nSPS) is 15.6. The highest BCUT2D eigenvalue weighted by Crippen LogP contribution is 2.24. The number of nitrogens with zero attached hydrogens (tertiary/aromatic N) is 3. The Bertz CT molecular complexity index is 1110. The van der Waals surface area contributed by atoms with Gasteiger partial charge in [0.15, 0.2) is 19.3 Å². The van der Waals surface area contributed by atoms with E-state index in [0.717, 1.165) is 92.8 Å². The molecule has 41 heavy (non-hydrogen) atoms. The van der Waals surface area contributed by atoms with E-state index in [9.17, 15) is 0 Å². The lowest BCUT2D eigenvalue weighted by Crippen LogP contribution is -2.35. The largest absolute Gasteiger partial charge is 0.467 e. The van der Waals surface area contributed by atoms with Crippen molar-refractivity contribution >= 4 is 0 Å². The van der Waals surface area contributed by atoms with E-state index in [-0.39, 0.29) is 13.6 Å². The Morgan fingerprint density at radius 1 is 0.488 bits per heavy atom. The zero-order valence-electron chi connectivity index (χ0n) is 24.5. The standard InChI is InChI=1S/C32H43N3O6/c1-36-25-39-30-13-7-4-10-27(30)22-33-16-17-34(23-28-11-5-8-14-31(28)40-26-37-2)19-21-35(20-18-33)24-29-12-6-9-15-32(29)41-38-3/h4-15H,16-26H2,1-3H3. The molecule has 222 valence electrons. The van der Waals surface area contributed by atoms with Gasteiger partial charge in [-0.1, -0.05) is 54.6 Å². The molecule has 0 saturated carbocycles. The molecule has 0 bridgehead atoms. The molecule has 3 aromatic rings. The summed E-state index contributed by atoms with van der Waals surface area (Å²) in [6, 6.07) is 24.5. The molecule has 0 amide bonds. The van der Waals surface area contributed by atoms with Crippen LogP contribution in [0.15, 0.2) is 72.8 Å². The highest BCUT2D eigenvalue weighted by atomic mass is 17.2. The van der Waals surface area contributed by atoms with Gasteiger partial charge in [0.25, 0.3) is 0 Å². The number of hydrogen-bond acceptors (Lipinski definition) is 9. The molecule has 1 aliphatic heterocycles. The van der Waals surface area contributed by atoms with Crippen LogP contribution in [-0.4, -0.2) is 88.9 Å². The fourth-order valence-electron chi connectivity index (χ4n) is 4.98. The Kier molecular flexibility index (Phi) is 12.7. The summed E-state index contributed by atoms with van der Waals surface area (Å²) in [5.74, 6) is 2.47. The van der Waals surface area contributed by atoms with E-state index in [0.29, 0.717) is 0 Å². The van der Waals surface area contributed by atoms with E-state index in [1.165, 1.54) is 7.11 Å². The maximum atomic E-state index is 5.87.